The molecule has 2 aromatic carbocycles. The zero-order chi connectivity index (χ0) is 21.5. The monoisotopic (exact) mass is 411 g/mol. The van der Waals surface area contributed by atoms with Crippen LogP contribution in [0.15, 0.2) is 60.7 Å². The number of nitrogens with two attached hydrogens (primary N) is 1. The second-order valence-electron chi connectivity index (χ2n) is 7.29. The molecule has 2 aromatic rings. The summed E-state index contributed by atoms with van der Waals surface area (Å²) in [5.74, 6) is -2.66. The Bertz CT molecular complexity index is 870. The number of rotatable bonds is 7. The number of ether oxygens (including phenoxy) is 3. The second kappa shape index (κ2) is 10.0. The van der Waals surface area contributed by atoms with Gasteiger partial charge in [0.2, 0.25) is 0 Å². The molecule has 0 aliphatic heterocycles. The molecule has 158 valence electrons. The van der Waals surface area contributed by atoms with Crippen LogP contribution in [0.25, 0.3) is 0 Å². The molecule has 0 spiro atoms. The lowest BCUT2D eigenvalue weighted by Crippen LogP contribution is -2.35. The summed E-state index contributed by atoms with van der Waals surface area (Å²) < 4.78 is 15.8. The number of carbonyl (C=O) groups is 3. The smallest absolute Gasteiger partial charge is 0.338 e. The van der Waals surface area contributed by atoms with Crippen molar-refractivity contribution in [1.82, 2.24) is 0 Å². The molecule has 0 heterocycles. The minimum atomic E-state index is -0.533. The quantitative estimate of drug-likeness (QED) is 0.551. The van der Waals surface area contributed by atoms with Crippen LogP contribution in [0.1, 0.15) is 27.1 Å². The molecule has 3 rings (SSSR count). The number of hydrogen-bond acceptors (Lipinski definition) is 7. The molecule has 0 aromatic heterocycles. The van der Waals surface area contributed by atoms with Crippen LogP contribution in [-0.4, -0.2) is 44.3 Å². The highest BCUT2D eigenvalue weighted by Gasteiger charge is 2.46. The van der Waals surface area contributed by atoms with Crippen molar-refractivity contribution in [2.75, 3.05) is 20.3 Å². The first kappa shape index (κ1) is 21.5. The Morgan fingerprint density at radius 2 is 1.30 bits per heavy atom. The highest BCUT2D eigenvalue weighted by Crippen LogP contribution is 2.38. The van der Waals surface area contributed by atoms with Gasteiger partial charge in [0, 0.05) is 17.9 Å². The van der Waals surface area contributed by atoms with Gasteiger partial charge in [0.1, 0.15) is 0 Å². The molecule has 1 fully saturated rings. The predicted octanol–water partition coefficient (Wildman–Crippen LogP) is 2.45. The van der Waals surface area contributed by atoms with Gasteiger partial charge >= 0.3 is 17.9 Å². The van der Waals surface area contributed by atoms with Crippen LogP contribution >= 0.6 is 0 Å². The van der Waals surface area contributed by atoms with Gasteiger partial charge < -0.3 is 19.9 Å². The first-order valence-corrected chi connectivity index (χ1v) is 9.79. The molecule has 4 atom stereocenters. The van der Waals surface area contributed by atoms with E-state index >= 15 is 0 Å². The SMILES string of the molecule is COC(=O)[C@H]1C[C@@H](N)[C@H](COC(=O)c2ccccc2)[C@H]1COC(=O)c1ccccc1. The average molecular weight is 411 g/mol. The summed E-state index contributed by atoms with van der Waals surface area (Å²) in [6.07, 6.45) is 0.369. The van der Waals surface area contributed by atoms with Gasteiger partial charge in [0.05, 0.1) is 37.4 Å². The third kappa shape index (κ3) is 5.04. The topological polar surface area (TPSA) is 105 Å². The summed E-state index contributed by atoms with van der Waals surface area (Å²) in [5.41, 5.74) is 7.10. The Kier molecular flexibility index (Phi) is 7.19. The van der Waals surface area contributed by atoms with E-state index in [4.69, 9.17) is 19.9 Å². The third-order valence-corrected chi connectivity index (χ3v) is 5.48. The van der Waals surface area contributed by atoms with Crippen LogP contribution < -0.4 is 5.73 Å². The molecule has 2 N–H and O–H groups in total. The maximum atomic E-state index is 12.3. The van der Waals surface area contributed by atoms with Gasteiger partial charge in [0.25, 0.3) is 0 Å². The van der Waals surface area contributed by atoms with Crippen LogP contribution in [0.2, 0.25) is 0 Å². The first-order valence-electron chi connectivity index (χ1n) is 9.79. The second-order valence-corrected chi connectivity index (χ2v) is 7.29. The van der Waals surface area contributed by atoms with E-state index in [1.165, 1.54) is 7.11 Å². The largest absolute Gasteiger partial charge is 0.469 e. The highest BCUT2D eigenvalue weighted by molar-refractivity contribution is 5.89. The minimum Gasteiger partial charge on any atom is -0.469 e. The fourth-order valence-electron chi connectivity index (χ4n) is 3.83. The lowest BCUT2D eigenvalue weighted by Gasteiger charge is -2.24. The van der Waals surface area contributed by atoms with Crippen molar-refractivity contribution in [2.24, 2.45) is 23.5 Å². The zero-order valence-corrected chi connectivity index (χ0v) is 16.7. The number of hydrogen-bond donors (Lipinski definition) is 1. The lowest BCUT2D eigenvalue weighted by molar-refractivity contribution is -0.147. The summed E-state index contributed by atoms with van der Waals surface area (Å²) >= 11 is 0. The van der Waals surface area contributed by atoms with Crippen molar-refractivity contribution in [3.8, 4) is 0 Å². The fraction of sp³-hybridized carbons (Fsp3) is 0.348. The fourth-order valence-corrected chi connectivity index (χ4v) is 3.83. The van der Waals surface area contributed by atoms with Gasteiger partial charge in [-0.1, -0.05) is 36.4 Å². The van der Waals surface area contributed by atoms with Gasteiger partial charge in [-0.25, -0.2) is 9.59 Å². The summed E-state index contributed by atoms with van der Waals surface area (Å²) in [5, 5.41) is 0. The van der Waals surface area contributed by atoms with E-state index < -0.39 is 35.8 Å². The molecule has 0 bridgehead atoms. The van der Waals surface area contributed by atoms with E-state index in [9.17, 15) is 14.4 Å². The van der Waals surface area contributed by atoms with E-state index in [1.54, 1.807) is 54.6 Å². The molecule has 1 aliphatic rings. The zero-order valence-electron chi connectivity index (χ0n) is 16.7. The molecule has 0 radical (unpaired) electrons. The first-order chi connectivity index (χ1) is 14.5. The predicted molar refractivity (Wildman–Crippen MR) is 109 cm³/mol. The van der Waals surface area contributed by atoms with Gasteiger partial charge in [-0.2, -0.15) is 0 Å². The van der Waals surface area contributed by atoms with Crippen molar-refractivity contribution in [1.29, 1.82) is 0 Å². The van der Waals surface area contributed by atoms with Gasteiger partial charge in [-0.05, 0) is 30.7 Å². The van der Waals surface area contributed by atoms with Crippen molar-refractivity contribution in [3.05, 3.63) is 71.8 Å². The Labute approximate surface area is 175 Å². The molecule has 1 saturated carbocycles. The Balaban J connectivity index is 1.68. The molecular weight excluding hydrogens is 386 g/mol. The van der Waals surface area contributed by atoms with Gasteiger partial charge in [0.15, 0.2) is 0 Å². The molecule has 0 unspecified atom stereocenters. The lowest BCUT2D eigenvalue weighted by atomic mass is 9.90. The van der Waals surface area contributed by atoms with Crippen molar-refractivity contribution >= 4 is 17.9 Å². The Hall–Kier alpha value is -3.19. The summed E-state index contributed by atoms with van der Waals surface area (Å²) in [6, 6.07) is 16.8. The maximum absolute atomic E-state index is 12.3. The molecule has 0 amide bonds. The molecule has 0 saturated heterocycles. The summed E-state index contributed by atoms with van der Waals surface area (Å²) in [7, 11) is 1.31. The molecule has 7 nitrogen and oxygen atoms in total. The highest BCUT2D eigenvalue weighted by atomic mass is 16.5. The summed E-state index contributed by atoms with van der Waals surface area (Å²) in [6.45, 7) is 0.00465. The number of benzene rings is 2. The van der Waals surface area contributed by atoms with Crippen LogP contribution in [0.3, 0.4) is 0 Å². The number of methoxy groups -OCH3 is 1. The van der Waals surface area contributed by atoms with E-state index in [-0.39, 0.29) is 19.1 Å². The van der Waals surface area contributed by atoms with E-state index in [0.29, 0.717) is 17.5 Å². The Morgan fingerprint density at radius 1 is 0.833 bits per heavy atom. The number of esters is 3. The minimum absolute atomic E-state index is 0.0191. The van der Waals surface area contributed by atoms with Crippen molar-refractivity contribution in [2.45, 2.75) is 12.5 Å². The summed E-state index contributed by atoms with van der Waals surface area (Å²) in [4.78, 5) is 36.9. The Morgan fingerprint density at radius 3 is 1.77 bits per heavy atom. The standard InChI is InChI=1S/C23H25NO6/c1-28-23(27)17-12-20(24)19(14-30-22(26)16-10-6-3-7-11-16)18(17)13-29-21(25)15-8-4-2-5-9-15/h2-11,17-20H,12-14,24H2,1H3/t17-,18-,19+,20+/m0/s1. The van der Waals surface area contributed by atoms with Crippen LogP contribution in [0, 0.1) is 17.8 Å². The maximum Gasteiger partial charge on any atom is 0.338 e. The normalized spacial score (nSPS) is 22.9. The van der Waals surface area contributed by atoms with Crippen molar-refractivity contribution in [3.63, 3.8) is 0 Å². The van der Waals surface area contributed by atoms with Crippen LogP contribution in [-0.2, 0) is 19.0 Å². The van der Waals surface area contributed by atoms with E-state index in [2.05, 4.69) is 0 Å². The molecule has 30 heavy (non-hydrogen) atoms. The molecular formula is C23H25NO6. The van der Waals surface area contributed by atoms with Gasteiger partial charge in [-0.3, -0.25) is 4.79 Å². The molecule has 7 heteroatoms. The van der Waals surface area contributed by atoms with E-state index in [1.807, 2.05) is 6.07 Å². The average Bonchev–Trinajstić information content (AvgIpc) is 3.11. The molecule has 1 aliphatic carbocycles. The van der Waals surface area contributed by atoms with Crippen LogP contribution in [0.5, 0.6) is 0 Å². The van der Waals surface area contributed by atoms with Gasteiger partial charge in [-0.15, -0.1) is 0 Å². The van der Waals surface area contributed by atoms with E-state index in [0.717, 1.165) is 0 Å². The van der Waals surface area contributed by atoms with Crippen molar-refractivity contribution < 1.29 is 28.6 Å². The third-order valence-electron chi connectivity index (χ3n) is 5.48. The van der Waals surface area contributed by atoms with Crippen LogP contribution in [0.4, 0.5) is 0 Å². The number of carbonyl (C=O) groups excluding carboxylic acids is 3.